The molecule has 0 unspecified atom stereocenters. The maximum atomic E-state index is 13.5. The molecule has 6 atom stereocenters. The largest absolute Gasteiger partial charge is 0.522 e. The molecule has 1 aromatic carbocycles. The van der Waals surface area contributed by atoms with Crippen LogP contribution in [0, 0.1) is 17.3 Å². The van der Waals surface area contributed by atoms with E-state index in [0.29, 0.717) is 35.4 Å². The van der Waals surface area contributed by atoms with E-state index in [9.17, 15) is 27.9 Å². The average Bonchev–Trinajstić information content (AvgIpc) is 3.50. The van der Waals surface area contributed by atoms with Crippen LogP contribution >= 0.6 is 0 Å². The minimum absolute atomic E-state index is 0.0161. The van der Waals surface area contributed by atoms with Crippen LogP contribution in [0.15, 0.2) is 42.6 Å². The highest BCUT2D eigenvalue weighted by atomic mass is 19.4. The topological polar surface area (TPSA) is 116 Å². The van der Waals surface area contributed by atoms with Crippen molar-refractivity contribution < 1.29 is 37.3 Å². The van der Waals surface area contributed by atoms with Gasteiger partial charge in [0, 0.05) is 23.6 Å². The van der Waals surface area contributed by atoms with Crippen LogP contribution in [0.3, 0.4) is 0 Å². The molecule has 204 valence electrons. The number of anilines is 1. The number of hydrogen-bond acceptors (Lipinski definition) is 8. The second kappa shape index (κ2) is 9.19. The molecule has 2 heterocycles. The Balaban J connectivity index is 1.32. The summed E-state index contributed by atoms with van der Waals surface area (Å²) in [4.78, 5) is 25.8. The van der Waals surface area contributed by atoms with E-state index >= 15 is 0 Å². The molecule has 9 nitrogen and oxygen atoms in total. The molecule has 2 aromatic rings. The van der Waals surface area contributed by atoms with Gasteiger partial charge in [-0.3, -0.25) is 9.53 Å². The molecule has 0 radical (unpaired) electrons. The van der Waals surface area contributed by atoms with Crippen molar-refractivity contribution in [2.24, 2.45) is 17.3 Å². The molecule has 2 aliphatic carbocycles. The number of esters is 1. The number of hydrogen-bond donors (Lipinski definition) is 2. The van der Waals surface area contributed by atoms with Crippen molar-refractivity contribution in [2.45, 2.75) is 70.4 Å². The van der Waals surface area contributed by atoms with Gasteiger partial charge in [0.2, 0.25) is 0 Å². The summed E-state index contributed by atoms with van der Waals surface area (Å²) in [7, 11) is 0. The predicted molar refractivity (Wildman–Crippen MR) is 127 cm³/mol. The summed E-state index contributed by atoms with van der Waals surface area (Å²) in [6, 6.07) is 5.61. The summed E-state index contributed by atoms with van der Waals surface area (Å²) in [5.41, 5.74) is -0.935. The lowest BCUT2D eigenvalue weighted by molar-refractivity contribution is -0.330. The third kappa shape index (κ3) is 4.19. The van der Waals surface area contributed by atoms with Crippen LogP contribution in [0.1, 0.15) is 50.4 Å². The van der Waals surface area contributed by atoms with Crippen LogP contribution in [0.4, 0.5) is 18.9 Å². The molecule has 0 bridgehead atoms. The van der Waals surface area contributed by atoms with Gasteiger partial charge in [-0.1, -0.05) is 30.8 Å². The van der Waals surface area contributed by atoms with Gasteiger partial charge in [-0.25, -0.2) is 9.48 Å². The number of carbonyl (C=O) groups excluding carboxylic acids is 2. The van der Waals surface area contributed by atoms with Crippen LogP contribution in [0.2, 0.25) is 0 Å². The summed E-state index contributed by atoms with van der Waals surface area (Å²) in [5.74, 6) is -1.33. The van der Waals surface area contributed by atoms with Crippen molar-refractivity contribution in [3.8, 4) is 0 Å². The third-order valence-electron chi connectivity index (χ3n) is 8.55. The van der Waals surface area contributed by atoms with E-state index in [1.165, 1.54) is 16.8 Å². The number of aliphatic hydroxyl groups is 1. The van der Waals surface area contributed by atoms with E-state index in [1.807, 2.05) is 6.92 Å². The van der Waals surface area contributed by atoms with Gasteiger partial charge < -0.3 is 15.2 Å². The fraction of sp³-hybridized carbons (Fsp3) is 0.538. The number of nitrogens with one attached hydrogen (secondary N) is 1. The number of rotatable bonds is 6. The zero-order valence-electron chi connectivity index (χ0n) is 21.0. The molecule has 0 amide bonds. The molecule has 3 fully saturated rings. The van der Waals surface area contributed by atoms with E-state index < -0.39 is 42.1 Å². The maximum Gasteiger partial charge on any atom is 0.522 e. The third-order valence-corrected chi connectivity index (χ3v) is 8.55. The molecule has 38 heavy (non-hydrogen) atoms. The highest BCUT2D eigenvalue weighted by Crippen LogP contribution is 2.61. The quantitative estimate of drug-likeness (QED) is 0.426. The van der Waals surface area contributed by atoms with E-state index in [4.69, 9.17) is 4.74 Å². The average molecular weight is 535 g/mol. The van der Waals surface area contributed by atoms with Crippen LogP contribution in [0.5, 0.6) is 0 Å². The highest BCUT2D eigenvalue weighted by Gasteiger charge is 2.72. The Morgan fingerprint density at radius 1 is 1.26 bits per heavy atom. The van der Waals surface area contributed by atoms with Gasteiger partial charge >= 0.3 is 12.3 Å². The summed E-state index contributed by atoms with van der Waals surface area (Å²) in [5, 5.41) is 23.8. The maximum absolute atomic E-state index is 13.5. The molecule has 2 saturated carbocycles. The first kappa shape index (κ1) is 26.4. The smallest absolute Gasteiger partial charge is 0.457 e. The number of ether oxygens (including phenoxy) is 2. The molecule has 12 heteroatoms. The Kier molecular flexibility index (Phi) is 6.38. The lowest BCUT2D eigenvalue weighted by atomic mass is 9.64. The van der Waals surface area contributed by atoms with Crippen LogP contribution in [0.25, 0.3) is 0 Å². The van der Waals surface area contributed by atoms with Gasteiger partial charge in [0.05, 0.1) is 30.8 Å². The predicted octanol–water partition coefficient (Wildman–Crippen LogP) is 3.71. The normalized spacial score (nSPS) is 33.1. The number of alkyl halides is 3. The van der Waals surface area contributed by atoms with Gasteiger partial charge in [0.25, 0.3) is 0 Å². The minimum atomic E-state index is -4.69. The van der Waals surface area contributed by atoms with E-state index in [2.05, 4.69) is 26.9 Å². The fourth-order valence-corrected chi connectivity index (χ4v) is 6.36. The lowest BCUT2D eigenvalue weighted by Gasteiger charge is -2.46. The SMILES string of the molecule is C=C1C(=O)O[C@@H]2[C@H]1CC[C@H](C)[C@]1(O)[C@@H](n3cc(CNc4ccc(COC(F)(F)F)cc4)nn3)CC(=O)[C@@]21C. The number of aromatic nitrogens is 3. The number of Topliss-reactive ketones (excluding diaryl/α,β-unsaturated/α-hetero) is 1. The lowest BCUT2D eigenvalue weighted by Crippen LogP contribution is -2.59. The van der Waals surface area contributed by atoms with Crippen molar-refractivity contribution >= 4 is 17.4 Å². The zero-order chi connectivity index (χ0) is 27.5. The van der Waals surface area contributed by atoms with Gasteiger partial charge in [-0.05, 0) is 43.4 Å². The number of benzene rings is 1. The molecule has 1 aromatic heterocycles. The Hall–Kier alpha value is -3.25. The number of carbonyl (C=O) groups is 2. The Morgan fingerprint density at radius 2 is 1.97 bits per heavy atom. The number of halogens is 3. The fourth-order valence-electron chi connectivity index (χ4n) is 6.36. The Morgan fingerprint density at radius 3 is 2.66 bits per heavy atom. The first-order valence-corrected chi connectivity index (χ1v) is 12.4. The van der Waals surface area contributed by atoms with Crippen molar-refractivity contribution in [1.29, 1.82) is 0 Å². The van der Waals surface area contributed by atoms with Gasteiger partial charge in [-0.15, -0.1) is 18.3 Å². The molecule has 2 N–H and O–H groups in total. The highest BCUT2D eigenvalue weighted by molar-refractivity contribution is 5.95. The molecule has 5 rings (SSSR count). The zero-order valence-corrected chi connectivity index (χ0v) is 21.0. The summed E-state index contributed by atoms with van der Waals surface area (Å²) in [6.45, 7) is 7.14. The molecule has 3 aliphatic rings. The van der Waals surface area contributed by atoms with Crippen LogP contribution in [-0.4, -0.2) is 49.9 Å². The Bertz CT molecular complexity index is 1260. The standard InChI is InChI=1S/C26H29F3N4O5/c1-14-4-9-19-15(2)23(35)38-22(19)24(3)21(34)10-20(25(14,24)36)33-12-18(31-32-33)11-30-17-7-5-16(6-8-17)13-37-26(27,28)29/h5-8,12,14,19-20,22,30,36H,2,4,9-11,13H2,1,3H3/t14-,19-,20-,22+,24-,25-/m0/s1. The Labute approximate surface area is 217 Å². The molecule has 0 spiro atoms. The summed E-state index contributed by atoms with van der Waals surface area (Å²) < 4.78 is 47.7. The number of fused-ring (bicyclic) bond motifs is 3. The summed E-state index contributed by atoms with van der Waals surface area (Å²) >= 11 is 0. The van der Waals surface area contributed by atoms with E-state index in [0.717, 1.165) is 0 Å². The summed E-state index contributed by atoms with van der Waals surface area (Å²) in [6.07, 6.45) is -2.63. The number of ketones is 1. The first-order chi connectivity index (χ1) is 17.8. The second-order valence-electron chi connectivity index (χ2n) is 10.6. The van der Waals surface area contributed by atoms with Crippen LogP contribution < -0.4 is 5.32 Å². The van der Waals surface area contributed by atoms with Gasteiger partial charge in [-0.2, -0.15) is 0 Å². The van der Waals surface area contributed by atoms with Crippen molar-refractivity contribution in [3.63, 3.8) is 0 Å². The monoisotopic (exact) mass is 534 g/mol. The van der Waals surface area contributed by atoms with Crippen molar-refractivity contribution in [3.05, 3.63) is 53.9 Å². The first-order valence-electron chi connectivity index (χ1n) is 12.4. The van der Waals surface area contributed by atoms with Crippen molar-refractivity contribution in [1.82, 2.24) is 15.0 Å². The van der Waals surface area contributed by atoms with E-state index in [1.54, 1.807) is 25.3 Å². The number of nitrogens with zero attached hydrogens (tertiary/aromatic N) is 3. The second-order valence-corrected chi connectivity index (χ2v) is 10.6. The minimum Gasteiger partial charge on any atom is -0.457 e. The van der Waals surface area contributed by atoms with Crippen LogP contribution in [-0.2, 0) is 32.2 Å². The molecule has 1 saturated heterocycles. The van der Waals surface area contributed by atoms with Gasteiger partial charge in [0.15, 0.2) is 0 Å². The molecular weight excluding hydrogens is 505 g/mol. The molecular formula is C26H29F3N4O5. The van der Waals surface area contributed by atoms with Gasteiger partial charge in [0.1, 0.15) is 23.2 Å². The molecule has 1 aliphatic heterocycles. The van der Waals surface area contributed by atoms with E-state index in [-0.39, 0.29) is 30.6 Å². The van der Waals surface area contributed by atoms with Crippen molar-refractivity contribution in [2.75, 3.05) is 5.32 Å².